The lowest BCUT2D eigenvalue weighted by Crippen LogP contribution is -2.20. The number of hydrogen-bond acceptors (Lipinski definition) is 0. The van der Waals surface area contributed by atoms with Crippen molar-refractivity contribution in [3.63, 3.8) is 0 Å². The molecule has 0 unspecified atom stereocenters. The van der Waals surface area contributed by atoms with Gasteiger partial charge in [0.25, 0.3) is 0 Å². The van der Waals surface area contributed by atoms with Crippen molar-refractivity contribution < 1.29 is 26.3 Å². The van der Waals surface area contributed by atoms with E-state index < -0.39 is 18.8 Å². The minimum absolute atomic E-state index is 1.50. The van der Waals surface area contributed by atoms with Crippen LogP contribution in [0.15, 0.2) is 0 Å². The van der Waals surface area contributed by atoms with E-state index in [2.05, 4.69) is 0 Å². The Kier molecular flexibility index (Phi) is 3.86. The largest absolute Gasteiger partial charge is 0.397 e. The van der Waals surface area contributed by atoms with Crippen molar-refractivity contribution in [2.24, 2.45) is 0 Å². The zero-order valence-corrected chi connectivity index (χ0v) is 6.10. The topological polar surface area (TPSA) is 0 Å². The highest BCUT2D eigenvalue weighted by Crippen LogP contribution is 2.31. The van der Waals surface area contributed by atoms with E-state index in [0.29, 0.717) is 0 Å². The first-order valence-electron chi connectivity index (χ1n) is 3.34. The second kappa shape index (κ2) is 4.00. The summed E-state index contributed by atoms with van der Waals surface area (Å²) in [4.78, 5) is 0. The highest BCUT2D eigenvalue weighted by Gasteiger charge is 2.43. The number of rotatable bonds is 0. The molecule has 0 aliphatic heterocycles. The molecule has 0 aromatic carbocycles. The SMILES string of the molecule is C1CC1.FC(F)(F)CC(F)(F)F. The summed E-state index contributed by atoms with van der Waals surface area (Å²) < 4.78 is 65.0. The molecule has 1 fully saturated rings. The average molecular weight is 194 g/mol. The molecule has 0 aromatic heterocycles. The lowest BCUT2D eigenvalue weighted by Gasteiger charge is -2.08. The van der Waals surface area contributed by atoms with E-state index in [1.807, 2.05) is 0 Å². The molecule has 12 heavy (non-hydrogen) atoms. The Morgan fingerprint density at radius 3 is 0.917 bits per heavy atom. The van der Waals surface area contributed by atoms with Gasteiger partial charge in [-0.1, -0.05) is 19.3 Å². The van der Waals surface area contributed by atoms with Crippen LogP contribution in [0.25, 0.3) is 0 Å². The molecule has 0 heterocycles. The van der Waals surface area contributed by atoms with Gasteiger partial charge in [0.1, 0.15) is 6.42 Å². The van der Waals surface area contributed by atoms with Gasteiger partial charge in [0.15, 0.2) is 0 Å². The van der Waals surface area contributed by atoms with Gasteiger partial charge in [0, 0.05) is 0 Å². The molecule has 0 saturated heterocycles. The van der Waals surface area contributed by atoms with Crippen LogP contribution in [-0.4, -0.2) is 12.4 Å². The minimum atomic E-state index is -5.14. The first-order valence-corrected chi connectivity index (χ1v) is 3.34. The summed E-state index contributed by atoms with van der Waals surface area (Å²) >= 11 is 0. The molecule has 1 rings (SSSR count). The normalized spacial score (nSPS) is 16.5. The van der Waals surface area contributed by atoms with Gasteiger partial charge in [-0.25, -0.2) is 0 Å². The van der Waals surface area contributed by atoms with E-state index in [4.69, 9.17) is 0 Å². The zero-order valence-electron chi connectivity index (χ0n) is 6.10. The third kappa shape index (κ3) is 16.3. The molecule has 0 radical (unpaired) electrons. The molecule has 6 heteroatoms. The van der Waals surface area contributed by atoms with Crippen molar-refractivity contribution in [3.05, 3.63) is 0 Å². The molecule has 0 nitrogen and oxygen atoms in total. The van der Waals surface area contributed by atoms with Gasteiger partial charge in [0.2, 0.25) is 0 Å². The summed E-state index contributed by atoms with van der Waals surface area (Å²) in [6, 6.07) is 0. The Balaban J connectivity index is 0.000000330. The monoisotopic (exact) mass is 194 g/mol. The van der Waals surface area contributed by atoms with Gasteiger partial charge in [-0.3, -0.25) is 0 Å². The molecule has 0 amide bonds. The molecular weight excluding hydrogens is 186 g/mol. The van der Waals surface area contributed by atoms with Crippen molar-refractivity contribution >= 4 is 0 Å². The van der Waals surface area contributed by atoms with E-state index in [9.17, 15) is 26.3 Å². The lowest BCUT2D eigenvalue weighted by atomic mass is 10.4. The number of alkyl halides is 6. The molecule has 0 bridgehead atoms. The van der Waals surface area contributed by atoms with Crippen molar-refractivity contribution in [2.75, 3.05) is 0 Å². The van der Waals surface area contributed by atoms with Gasteiger partial charge < -0.3 is 0 Å². The van der Waals surface area contributed by atoms with Crippen LogP contribution in [-0.2, 0) is 0 Å². The third-order valence-corrected chi connectivity index (χ3v) is 0.754. The molecule has 74 valence electrons. The van der Waals surface area contributed by atoms with Crippen LogP contribution in [0.4, 0.5) is 26.3 Å². The van der Waals surface area contributed by atoms with Crippen LogP contribution < -0.4 is 0 Å². The maximum absolute atomic E-state index is 10.8. The summed E-state index contributed by atoms with van der Waals surface area (Å²) in [5, 5.41) is 0. The summed E-state index contributed by atoms with van der Waals surface area (Å²) in [5.41, 5.74) is 0. The van der Waals surface area contributed by atoms with E-state index in [-0.39, 0.29) is 0 Å². The smallest absolute Gasteiger partial charge is 0.171 e. The fourth-order valence-electron chi connectivity index (χ4n) is 0.227. The maximum atomic E-state index is 10.8. The van der Waals surface area contributed by atoms with Crippen LogP contribution in [0.1, 0.15) is 25.7 Å². The predicted molar refractivity (Wildman–Crippen MR) is 30.6 cm³/mol. The molecule has 0 aromatic rings. The van der Waals surface area contributed by atoms with Crippen LogP contribution in [0.2, 0.25) is 0 Å². The highest BCUT2D eigenvalue weighted by atomic mass is 19.4. The number of halogens is 6. The van der Waals surface area contributed by atoms with Gasteiger partial charge in [-0.2, -0.15) is 26.3 Å². The summed E-state index contributed by atoms with van der Waals surface area (Å²) in [7, 11) is 0. The summed E-state index contributed by atoms with van der Waals surface area (Å²) in [5.74, 6) is 0. The summed E-state index contributed by atoms with van der Waals surface area (Å²) in [6.07, 6.45) is -8.49. The number of hydrogen-bond donors (Lipinski definition) is 0. The maximum Gasteiger partial charge on any atom is 0.397 e. The van der Waals surface area contributed by atoms with Crippen LogP contribution >= 0.6 is 0 Å². The standard InChI is InChI=1S/C3H2F6.C3H6/c4-2(5,6)1-3(7,8)9;1-2-3-1/h1H2;1-3H2. The fourth-order valence-corrected chi connectivity index (χ4v) is 0.227. The molecule has 0 spiro atoms. The van der Waals surface area contributed by atoms with E-state index in [1.54, 1.807) is 0 Å². The van der Waals surface area contributed by atoms with Gasteiger partial charge in [0.05, 0.1) is 0 Å². The van der Waals surface area contributed by atoms with Crippen LogP contribution in [0.5, 0.6) is 0 Å². The average Bonchev–Trinajstić information content (AvgIpc) is 2.28. The zero-order chi connectivity index (χ0) is 9.83. The van der Waals surface area contributed by atoms with E-state index >= 15 is 0 Å². The second-order valence-electron chi connectivity index (χ2n) is 2.47. The Labute approximate surface area is 65.6 Å². The van der Waals surface area contributed by atoms with E-state index in [0.717, 1.165) is 0 Å². The van der Waals surface area contributed by atoms with Crippen molar-refractivity contribution in [2.45, 2.75) is 38.0 Å². The Hall–Kier alpha value is -0.420. The van der Waals surface area contributed by atoms with Crippen molar-refractivity contribution in [1.29, 1.82) is 0 Å². The van der Waals surface area contributed by atoms with Crippen molar-refractivity contribution in [1.82, 2.24) is 0 Å². The minimum Gasteiger partial charge on any atom is -0.171 e. The molecule has 0 N–H and O–H groups in total. The Morgan fingerprint density at radius 2 is 0.917 bits per heavy atom. The van der Waals surface area contributed by atoms with E-state index in [1.165, 1.54) is 19.3 Å². The fraction of sp³-hybridized carbons (Fsp3) is 1.00. The summed E-state index contributed by atoms with van der Waals surface area (Å²) in [6.45, 7) is 0. The second-order valence-corrected chi connectivity index (χ2v) is 2.47. The highest BCUT2D eigenvalue weighted by molar-refractivity contribution is 4.57. The van der Waals surface area contributed by atoms with Crippen LogP contribution in [0, 0.1) is 0 Å². The van der Waals surface area contributed by atoms with Gasteiger partial charge in [-0.15, -0.1) is 0 Å². The molecule has 1 aliphatic rings. The predicted octanol–water partition coefficient (Wildman–Crippen LogP) is 3.67. The molecule has 1 saturated carbocycles. The third-order valence-electron chi connectivity index (χ3n) is 0.754. The van der Waals surface area contributed by atoms with Gasteiger partial charge in [-0.05, 0) is 0 Å². The first kappa shape index (κ1) is 11.6. The van der Waals surface area contributed by atoms with Crippen LogP contribution in [0.3, 0.4) is 0 Å². The molecule has 0 atom stereocenters. The first-order chi connectivity index (χ1) is 5.21. The van der Waals surface area contributed by atoms with Crippen molar-refractivity contribution in [3.8, 4) is 0 Å². The Morgan fingerprint density at radius 1 is 0.667 bits per heavy atom. The quantitative estimate of drug-likeness (QED) is 0.516. The Bertz CT molecular complexity index is 104. The molecular formula is C6H8F6. The van der Waals surface area contributed by atoms with Gasteiger partial charge >= 0.3 is 12.4 Å². The lowest BCUT2D eigenvalue weighted by molar-refractivity contribution is -0.232. The molecule has 1 aliphatic carbocycles.